The molecule has 6 nitrogen and oxygen atoms in total. The molecule has 0 spiro atoms. The van der Waals surface area contributed by atoms with E-state index in [1.54, 1.807) is 14.0 Å². The van der Waals surface area contributed by atoms with Crippen molar-refractivity contribution in [2.45, 2.75) is 39.7 Å². The highest BCUT2D eigenvalue weighted by atomic mass is 32.2. The molecule has 0 amide bonds. The van der Waals surface area contributed by atoms with Crippen LogP contribution >= 0.6 is 0 Å². The van der Waals surface area contributed by atoms with Gasteiger partial charge in [0.1, 0.15) is 0 Å². The smallest absolute Gasteiger partial charge is 0.213 e. The van der Waals surface area contributed by atoms with Crippen LogP contribution in [0.2, 0.25) is 0 Å². The lowest BCUT2D eigenvalue weighted by atomic mass is 10.4. The number of rotatable bonds is 8. The lowest BCUT2D eigenvalue weighted by Gasteiger charge is -2.15. The lowest BCUT2D eigenvalue weighted by molar-refractivity contribution is 0.464. The summed E-state index contributed by atoms with van der Waals surface area (Å²) in [5, 5.41) is 6.59. The maximum absolute atomic E-state index is 11.6. The first-order chi connectivity index (χ1) is 9.40. The number of nitrogens with zero attached hydrogens (tertiary/aromatic N) is 2. The number of nitrogens with one attached hydrogen (secondary N) is 2. The van der Waals surface area contributed by atoms with Gasteiger partial charge in [-0.1, -0.05) is 6.92 Å². The molecule has 0 aromatic carbocycles. The molecule has 2 unspecified atom stereocenters. The largest absolute Gasteiger partial charge is 0.357 e. The second-order valence-corrected chi connectivity index (χ2v) is 7.66. The van der Waals surface area contributed by atoms with Gasteiger partial charge in [-0.25, -0.2) is 12.7 Å². The standard InChI is InChI=1S/C13H28N4O2S/c1-5-14-13(16-12-10-11(12)3)15-8-7-9-17(4)20(18,19)6-2/h11-12H,5-10H2,1-4H3,(H2,14,15,16). The van der Waals surface area contributed by atoms with E-state index < -0.39 is 10.0 Å². The molecule has 0 bridgehead atoms. The van der Waals surface area contributed by atoms with Gasteiger partial charge in [-0.05, 0) is 32.6 Å². The van der Waals surface area contributed by atoms with E-state index in [0.717, 1.165) is 24.8 Å². The van der Waals surface area contributed by atoms with Crippen LogP contribution < -0.4 is 10.6 Å². The van der Waals surface area contributed by atoms with E-state index in [9.17, 15) is 8.42 Å². The Hall–Kier alpha value is -0.820. The first-order valence-electron chi connectivity index (χ1n) is 7.39. The van der Waals surface area contributed by atoms with Crippen LogP contribution in [0.5, 0.6) is 0 Å². The molecule has 0 aromatic heterocycles. The van der Waals surface area contributed by atoms with E-state index in [4.69, 9.17) is 0 Å². The number of sulfonamides is 1. The predicted molar refractivity (Wildman–Crippen MR) is 83.4 cm³/mol. The summed E-state index contributed by atoms with van der Waals surface area (Å²) in [4.78, 5) is 4.48. The summed E-state index contributed by atoms with van der Waals surface area (Å²) in [7, 11) is -1.45. The molecule has 1 aliphatic rings. The van der Waals surface area contributed by atoms with Crippen LogP contribution in [0.4, 0.5) is 0 Å². The van der Waals surface area contributed by atoms with Crippen molar-refractivity contribution in [1.82, 2.24) is 14.9 Å². The number of hydrogen-bond donors (Lipinski definition) is 2. The van der Waals surface area contributed by atoms with Crippen LogP contribution in [0.15, 0.2) is 4.99 Å². The van der Waals surface area contributed by atoms with Crippen molar-refractivity contribution in [2.75, 3.05) is 32.4 Å². The number of aliphatic imine (C=N–C) groups is 1. The van der Waals surface area contributed by atoms with Crippen molar-refractivity contribution in [1.29, 1.82) is 0 Å². The zero-order chi connectivity index (χ0) is 15.2. The van der Waals surface area contributed by atoms with E-state index in [2.05, 4.69) is 22.5 Å². The Kier molecular flexibility index (Phi) is 6.75. The van der Waals surface area contributed by atoms with Gasteiger partial charge < -0.3 is 10.6 Å². The fourth-order valence-corrected chi connectivity index (χ4v) is 2.71. The van der Waals surface area contributed by atoms with Gasteiger partial charge in [0.05, 0.1) is 5.75 Å². The van der Waals surface area contributed by atoms with Crippen LogP contribution in [-0.2, 0) is 10.0 Å². The van der Waals surface area contributed by atoms with Crippen LogP contribution in [0.1, 0.15) is 33.6 Å². The molecule has 1 aliphatic carbocycles. The van der Waals surface area contributed by atoms with Crippen LogP contribution in [0.3, 0.4) is 0 Å². The minimum atomic E-state index is -3.07. The maximum Gasteiger partial charge on any atom is 0.213 e. The van der Waals surface area contributed by atoms with Gasteiger partial charge in [0.15, 0.2) is 5.96 Å². The molecule has 1 saturated carbocycles. The zero-order valence-corrected chi connectivity index (χ0v) is 13.8. The number of guanidine groups is 1. The van der Waals surface area contributed by atoms with Gasteiger partial charge in [0.2, 0.25) is 10.0 Å². The molecule has 0 aliphatic heterocycles. The highest BCUT2D eigenvalue weighted by Gasteiger charge is 2.33. The molecule has 118 valence electrons. The normalized spacial score (nSPS) is 22.9. The van der Waals surface area contributed by atoms with Gasteiger partial charge >= 0.3 is 0 Å². The van der Waals surface area contributed by atoms with Gasteiger partial charge in [-0.15, -0.1) is 0 Å². The van der Waals surface area contributed by atoms with E-state index >= 15 is 0 Å². The van der Waals surface area contributed by atoms with E-state index in [0.29, 0.717) is 19.1 Å². The van der Waals surface area contributed by atoms with Crippen molar-refractivity contribution in [3.63, 3.8) is 0 Å². The van der Waals surface area contributed by atoms with Crippen LogP contribution in [0, 0.1) is 5.92 Å². The minimum Gasteiger partial charge on any atom is -0.357 e. The highest BCUT2D eigenvalue weighted by Crippen LogP contribution is 2.28. The van der Waals surface area contributed by atoms with Gasteiger partial charge in [-0.2, -0.15) is 0 Å². The van der Waals surface area contributed by atoms with E-state index in [1.807, 2.05) is 6.92 Å². The Morgan fingerprint density at radius 3 is 2.55 bits per heavy atom. The quantitative estimate of drug-likeness (QED) is 0.392. The van der Waals surface area contributed by atoms with Crippen molar-refractivity contribution >= 4 is 16.0 Å². The van der Waals surface area contributed by atoms with Crippen LogP contribution in [0.25, 0.3) is 0 Å². The Morgan fingerprint density at radius 1 is 1.40 bits per heavy atom. The summed E-state index contributed by atoms with van der Waals surface area (Å²) < 4.78 is 24.6. The van der Waals surface area contributed by atoms with Gasteiger partial charge in [0.25, 0.3) is 0 Å². The van der Waals surface area contributed by atoms with E-state index in [-0.39, 0.29) is 5.75 Å². The first-order valence-corrected chi connectivity index (χ1v) is 9.00. The molecular weight excluding hydrogens is 276 g/mol. The summed E-state index contributed by atoms with van der Waals surface area (Å²) in [5.74, 6) is 1.71. The Balaban J connectivity index is 2.33. The topological polar surface area (TPSA) is 73.8 Å². The molecule has 0 saturated heterocycles. The SMILES string of the molecule is CCNC(=NCCCN(C)S(=O)(=O)CC)NC1CC1C. The van der Waals surface area contributed by atoms with E-state index in [1.165, 1.54) is 10.7 Å². The third kappa shape index (κ3) is 5.66. The van der Waals surface area contributed by atoms with Crippen molar-refractivity contribution < 1.29 is 8.42 Å². The molecule has 2 atom stereocenters. The molecule has 0 aromatic rings. The molecule has 1 rings (SSSR count). The second kappa shape index (κ2) is 7.83. The number of hydrogen-bond acceptors (Lipinski definition) is 3. The minimum absolute atomic E-state index is 0.149. The molecule has 1 fully saturated rings. The fourth-order valence-electron chi connectivity index (χ4n) is 1.86. The molecule has 0 heterocycles. The molecule has 20 heavy (non-hydrogen) atoms. The molecular formula is C13H28N4O2S. The van der Waals surface area contributed by atoms with Crippen molar-refractivity contribution in [2.24, 2.45) is 10.9 Å². The molecule has 0 radical (unpaired) electrons. The molecule has 7 heteroatoms. The van der Waals surface area contributed by atoms with Crippen molar-refractivity contribution in [3.8, 4) is 0 Å². The average molecular weight is 304 g/mol. The van der Waals surface area contributed by atoms with Crippen LogP contribution in [-0.4, -0.2) is 57.2 Å². The fraction of sp³-hybridized carbons (Fsp3) is 0.923. The monoisotopic (exact) mass is 304 g/mol. The summed E-state index contributed by atoms with van der Waals surface area (Å²) in [6.07, 6.45) is 1.93. The summed E-state index contributed by atoms with van der Waals surface area (Å²) in [6.45, 7) is 7.88. The molecule has 2 N–H and O–H groups in total. The zero-order valence-electron chi connectivity index (χ0n) is 13.0. The highest BCUT2D eigenvalue weighted by molar-refractivity contribution is 7.89. The third-order valence-corrected chi connectivity index (χ3v) is 5.38. The Bertz CT molecular complexity index is 422. The maximum atomic E-state index is 11.6. The first kappa shape index (κ1) is 17.2. The Morgan fingerprint density at radius 2 is 2.05 bits per heavy atom. The predicted octanol–water partition coefficient (Wildman–Crippen LogP) is 0.622. The average Bonchev–Trinajstić information content (AvgIpc) is 3.09. The summed E-state index contributed by atoms with van der Waals surface area (Å²) in [6, 6.07) is 0.538. The van der Waals surface area contributed by atoms with Gasteiger partial charge in [0, 0.05) is 32.7 Å². The second-order valence-electron chi connectivity index (χ2n) is 5.30. The summed E-state index contributed by atoms with van der Waals surface area (Å²) >= 11 is 0. The summed E-state index contributed by atoms with van der Waals surface area (Å²) in [5.41, 5.74) is 0. The lowest BCUT2D eigenvalue weighted by Crippen LogP contribution is -2.39. The Labute approximate surface area is 123 Å². The van der Waals surface area contributed by atoms with Crippen molar-refractivity contribution in [3.05, 3.63) is 0 Å². The third-order valence-electron chi connectivity index (χ3n) is 3.52. The van der Waals surface area contributed by atoms with Gasteiger partial charge in [-0.3, -0.25) is 4.99 Å².